The van der Waals surface area contributed by atoms with Crippen LogP contribution in [0.15, 0.2) is 65.6 Å². The zero-order valence-electron chi connectivity index (χ0n) is 20.9. The number of nitro benzene ring substituents is 1. The summed E-state index contributed by atoms with van der Waals surface area (Å²) in [5, 5.41) is 12.7. The average Bonchev–Trinajstić information content (AvgIpc) is 3.17. The zero-order valence-corrected chi connectivity index (χ0v) is 22.5. The maximum absolute atomic E-state index is 13.3. The van der Waals surface area contributed by atoms with Crippen molar-refractivity contribution in [2.45, 2.75) is 13.5 Å². The van der Waals surface area contributed by atoms with Gasteiger partial charge >= 0.3 is 0 Å². The number of amides is 3. The highest BCUT2D eigenvalue weighted by Gasteiger charge is 2.36. The zero-order chi connectivity index (χ0) is 28.8. The molecule has 0 spiro atoms. The lowest BCUT2D eigenvalue weighted by molar-refractivity contribution is -0.384. The molecule has 0 unspecified atom stereocenters. The molecule has 1 aliphatic heterocycles. The van der Waals surface area contributed by atoms with Gasteiger partial charge in [0, 0.05) is 17.8 Å². The summed E-state index contributed by atoms with van der Waals surface area (Å²) in [4.78, 5) is 49.2. The lowest BCUT2D eigenvalue weighted by Crippen LogP contribution is -2.36. The van der Waals surface area contributed by atoms with E-state index in [1.54, 1.807) is 37.3 Å². The molecule has 0 aliphatic carbocycles. The van der Waals surface area contributed by atoms with E-state index in [2.05, 4.69) is 5.32 Å². The molecule has 1 heterocycles. The van der Waals surface area contributed by atoms with Gasteiger partial charge < -0.3 is 14.8 Å². The van der Waals surface area contributed by atoms with Gasteiger partial charge in [0.2, 0.25) is 5.91 Å². The standard InChI is InChI=1S/C27H21ClFN3O7S/c1-2-38-23-11-16(6-9-22(23)39-15-17-4-3-5-19(10-17)32(36)37)12-24-26(34)31(27(35)40-24)14-25(33)30-18-7-8-21(29)20(28)13-18/h3-13H,2,14-15H2,1H3,(H,30,33)/b24-12+. The van der Waals surface area contributed by atoms with Crippen LogP contribution in [0, 0.1) is 15.9 Å². The molecule has 1 fully saturated rings. The van der Waals surface area contributed by atoms with E-state index in [1.165, 1.54) is 30.3 Å². The predicted octanol–water partition coefficient (Wildman–Crippen LogP) is 6.04. The van der Waals surface area contributed by atoms with E-state index in [-0.39, 0.29) is 27.9 Å². The Balaban J connectivity index is 1.44. The molecule has 0 aromatic heterocycles. The van der Waals surface area contributed by atoms with E-state index in [0.717, 1.165) is 11.0 Å². The number of nitrogens with one attached hydrogen (secondary N) is 1. The first kappa shape index (κ1) is 28.6. The third-order valence-electron chi connectivity index (χ3n) is 5.46. The summed E-state index contributed by atoms with van der Waals surface area (Å²) in [5.74, 6) is -1.19. The molecule has 3 amide bonds. The minimum absolute atomic E-state index is 0.0484. The van der Waals surface area contributed by atoms with Crippen LogP contribution in [0.25, 0.3) is 6.08 Å². The SMILES string of the molecule is CCOc1cc(/C=C2/SC(=O)N(CC(=O)Nc3ccc(F)c(Cl)c3)C2=O)ccc1OCc1cccc([N+](=O)[O-])c1. The van der Waals surface area contributed by atoms with Crippen molar-refractivity contribution in [1.29, 1.82) is 0 Å². The molecule has 206 valence electrons. The van der Waals surface area contributed by atoms with Crippen molar-refractivity contribution in [3.05, 3.63) is 97.6 Å². The number of halogens is 2. The van der Waals surface area contributed by atoms with Gasteiger partial charge in [0.1, 0.15) is 19.0 Å². The number of thioether (sulfide) groups is 1. The van der Waals surface area contributed by atoms with Gasteiger partial charge in [0.15, 0.2) is 11.5 Å². The largest absolute Gasteiger partial charge is 0.490 e. The summed E-state index contributed by atoms with van der Waals surface area (Å²) < 4.78 is 24.8. The van der Waals surface area contributed by atoms with Crippen LogP contribution >= 0.6 is 23.4 Å². The molecular formula is C27H21ClFN3O7S. The summed E-state index contributed by atoms with van der Waals surface area (Å²) in [6.45, 7) is 1.63. The Morgan fingerprint density at radius 1 is 1.12 bits per heavy atom. The predicted molar refractivity (Wildman–Crippen MR) is 148 cm³/mol. The van der Waals surface area contributed by atoms with E-state index < -0.39 is 34.3 Å². The number of anilines is 1. The molecule has 13 heteroatoms. The first-order valence-corrected chi connectivity index (χ1v) is 13.0. The van der Waals surface area contributed by atoms with Crippen LogP contribution in [0.2, 0.25) is 5.02 Å². The van der Waals surface area contributed by atoms with Crippen LogP contribution < -0.4 is 14.8 Å². The number of hydrogen-bond acceptors (Lipinski definition) is 8. The van der Waals surface area contributed by atoms with Crippen molar-refractivity contribution in [1.82, 2.24) is 4.90 Å². The second-order valence-electron chi connectivity index (χ2n) is 8.30. The van der Waals surface area contributed by atoms with E-state index in [0.29, 0.717) is 41.0 Å². The highest BCUT2D eigenvalue weighted by atomic mass is 35.5. The molecule has 10 nitrogen and oxygen atoms in total. The highest BCUT2D eigenvalue weighted by molar-refractivity contribution is 8.18. The van der Waals surface area contributed by atoms with Gasteiger partial charge in [0.05, 0.1) is 21.5 Å². The lowest BCUT2D eigenvalue weighted by atomic mass is 10.1. The number of benzene rings is 3. The summed E-state index contributed by atoms with van der Waals surface area (Å²) in [7, 11) is 0. The van der Waals surface area contributed by atoms with Gasteiger partial charge in [-0.15, -0.1) is 0 Å². The topological polar surface area (TPSA) is 128 Å². The first-order chi connectivity index (χ1) is 19.1. The fourth-order valence-corrected chi connectivity index (χ4v) is 4.65. The molecule has 0 radical (unpaired) electrons. The van der Waals surface area contributed by atoms with E-state index in [4.69, 9.17) is 21.1 Å². The molecule has 0 atom stereocenters. The summed E-state index contributed by atoms with van der Waals surface area (Å²) >= 11 is 6.40. The third kappa shape index (κ3) is 6.96. The van der Waals surface area contributed by atoms with Crippen molar-refractivity contribution >= 4 is 57.9 Å². The van der Waals surface area contributed by atoms with E-state index in [9.17, 15) is 28.9 Å². The molecule has 0 bridgehead atoms. The molecule has 0 saturated carbocycles. The maximum atomic E-state index is 13.3. The van der Waals surface area contributed by atoms with Crippen LogP contribution in [-0.2, 0) is 16.2 Å². The molecule has 1 saturated heterocycles. The fraction of sp³-hybridized carbons (Fsp3) is 0.148. The molecule has 3 aromatic rings. The third-order valence-corrected chi connectivity index (χ3v) is 6.66. The van der Waals surface area contributed by atoms with Crippen molar-refractivity contribution in [2.75, 3.05) is 18.5 Å². The van der Waals surface area contributed by atoms with Crippen molar-refractivity contribution in [2.24, 2.45) is 0 Å². The Morgan fingerprint density at radius 3 is 2.65 bits per heavy atom. The monoisotopic (exact) mass is 585 g/mol. The lowest BCUT2D eigenvalue weighted by Gasteiger charge is -2.13. The van der Waals surface area contributed by atoms with Crippen LogP contribution in [0.5, 0.6) is 11.5 Å². The number of nitrogens with zero attached hydrogens (tertiary/aromatic N) is 2. The van der Waals surface area contributed by atoms with Crippen LogP contribution in [0.4, 0.5) is 20.6 Å². The number of ether oxygens (including phenoxy) is 2. The van der Waals surface area contributed by atoms with Gasteiger partial charge in [-0.25, -0.2) is 4.39 Å². The van der Waals surface area contributed by atoms with E-state index >= 15 is 0 Å². The molecule has 1 aliphatic rings. The number of non-ortho nitro benzene ring substituents is 1. The number of rotatable bonds is 10. The minimum atomic E-state index is -0.657. The normalized spacial score (nSPS) is 14.0. The molecule has 4 rings (SSSR count). The Bertz CT molecular complexity index is 1530. The van der Waals surface area contributed by atoms with Gasteiger partial charge in [0.25, 0.3) is 16.8 Å². The van der Waals surface area contributed by atoms with Gasteiger partial charge in [-0.1, -0.05) is 29.8 Å². The second-order valence-corrected chi connectivity index (χ2v) is 9.70. The Morgan fingerprint density at radius 2 is 1.93 bits per heavy atom. The Hall–Kier alpha value is -4.42. The number of nitro groups is 1. The van der Waals surface area contributed by atoms with Crippen LogP contribution in [0.1, 0.15) is 18.1 Å². The molecule has 3 aromatic carbocycles. The number of hydrogen-bond donors (Lipinski definition) is 1. The minimum Gasteiger partial charge on any atom is -0.490 e. The van der Waals surface area contributed by atoms with Crippen LogP contribution in [0.3, 0.4) is 0 Å². The fourth-order valence-electron chi connectivity index (χ4n) is 3.63. The Kier molecular flexibility index (Phi) is 9.02. The van der Waals surface area contributed by atoms with Crippen molar-refractivity contribution < 1.29 is 33.2 Å². The quantitative estimate of drug-likeness (QED) is 0.173. The van der Waals surface area contributed by atoms with Gasteiger partial charge in [-0.2, -0.15) is 0 Å². The Labute approximate surface area is 236 Å². The molecule has 1 N–H and O–H groups in total. The number of imide groups is 1. The average molecular weight is 586 g/mol. The first-order valence-electron chi connectivity index (χ1n) is 11.8. The summed E-state index contributed by atoms with van der Waals surface area (Å²) in [5.41, 5.74) is 1.31. The maximum Gasteiger partial charge on any atom is 0.294 e. The van der Waals surface area contributed by atoms with Gasteiger partial charge in [-0.3, -0.25) is 29.4 Å². The highest BCUT2D eigenvalue weighted by Crippen LogP contribution is 2.35. The summed E-state index contributed by atoms with van der Waals surface area (Å²) in [6, 6.07) is 14.6. The summed E-state index contributed by atoms with van der Waals surface area (Å²) in [6.07, 6.45) is 1.50. The molecular weight excluding hydrogens is 565 g/mol. The number of carbonyl (C=O) groups is 3. The second kappa shape index (κ2) is 12.6. The van der Waals surface area contributed by atoms with Gasteiger partial charge in [-0.05, 0) is 66.2 Å². The van der Waals surface area contributed by atoms with Crippen molar-refractivity contribution in [3.8, 4) is 11.5 Å². The smallest absolute Gasteiger partial charge is 0.294 e. The van der Waals surface area contributed by atoms with Crippen LogP contribution in [-0.4, -0.2) is 40.0 Å². The number of carbonyl (C=O) groups excluding carboxylic acids is 3. The van der Waals surface area contributed by atoms with Crippen molar-refractivity contribution in [3.63, 3.8) is 0 Å². The molecule has 40 heavy (non-hydrogen) atoms. The van der Waals surface area contributed by atoms with E-state index in [1.807, 2.05) is 0 Å².